The maximum absolute atomic E-state index is 13.5. The van der Waals surface area contributed by atoms with E-state index in [-0.39, 0.29) is 30.9 Å². The molecular weight excluding hydrogens is 308 g/mol. The van der Waals surface area contributed by atoms with E-state index in [0.717, 1.165) is 10.9 Å². The SMILES string of the molecule is CC(O)(CNC(=O)CCc1cccc(F)c1F)c1cccs1. The predicted octanol–water partition coefficient (Wildman–Crippen LogP) is 2.98. The molecule has 0 fully saturated rings. The van der Waals surface area contributed by atoms with Crippen LogP contribution in [-0.2, 0) is 16.8 Å². The van der Waals surface area contributed by atoms with Crippen LogP contribution < -0.4 is 5.32 Å². The van der Waals surface area contributed by atoms with E-state index >= 15 is 0 Å². The zero-order valence-electron chi connectivity index (χ0n) is 12.1. The van der Waals surface area contributed by atoms with Gasteiger partial charge in [-0.15, -0.1) is 11.3 Å². The van der Waals surface area contributed by atoms with Crippen LogP contribution in [-0.4, -0.2) is 17.6 Å². The lowest BCUT2D eigenvalue weighted by atomic mass is 10.0. The van der Waals surface area contributed by atoms with Crippen molar-refractivity contribution in [3.05, 3.63) is 57.8 Å². The number of nitrogens with one attached hydrogen (secondary N) is 1. The normalized spacial score (nSPS) is 13.6. The summed E-state index contributed by atoms with van der Waals surface area (Å²) in [5, 5.41) is 14.7. The molecule has 0 aliphatic heterocycles. The van der Waals surface area contributed by atoms with Crippen molar-refractivity contribution in [2.24, 2.45) is 0 Å². The number of amides is 1. The second-order valence-electron chi connectivity index (χ2n) is 5.24. The quantitative estimate of drug-likeness (QED) is 0.858. The maximum Gasteiger partial charge on any atom is 0.220 e. The van der Waals surface area contributed by atoms with Gasteiger partial charge in [-0.05, 0) is 36.4 Å². The molecule has 1 amide bonds. The van der Waals surface area contributed by atoms with Gasteiger partial charge in [0.2, 0.25) is 5.91 Å². The summed E-state index contributed by atoms with van der Waals surface area (Å²) in [5.74, 6) is -2.15. The molecule has 1 atom stereocenters. The number of carbonyl (C=O) groups excluding carboxylic acids is 1. The molecule has 0 bridgehead atoms. The minimum absolute atomic E-state index is 0.0287. The highest BCUT2D eigenvalue weighted by molar-refractivity contribution is 7.10. The molecule has 2 aromatic rings. The van der Waals surface area contributed by atoms with Gasteiger partial charge in [-0.2, -0.15) is 0 Å². The summed E-state index contributed by atoms with van der Waals surface area (Å²) in [5.41, 5.74) is -0.978. The number of thiophene rings is 1. The monoisotopic (exact) mass is 325 g/mol. The first kappa shape index (κ1) is 16.6. The summed E-state index contributed by atoms with van der Waals surface area (Å²) >= 11 is 1.40. The molecule has 0 saturated heterocycles. The number of rotatable bonds is 6. The molecule has 1 unspecified atom stereocenters. The van der Waals surface area contributed by atoms with Gasteiger partial charge < -0.3 is 10.4 Å². The molecule has 2 N–H and O–H groups in total. The molecule has 0 aliphatic rings. The van der Waals surface area contributed by atoms with Gasteiger partial charge in [0.15, 0.2) is 11.6 Å². The van der Waals surface area contributed by atoms with E-state index in [1.165, 1.54) is 23.5 Å². The number of aliphatic hydroxyl groups is 1. The Morgan fingerprint density at radius 3 is 2.77 bits per heavy atom. The summed E-state index contributed by atoms with van der Waals surface area (Å²) in [6.07, 6.45) is 0.136. The molecule has 0 radical (unpaired) electrons. The first-order valence-electron chi connectivity index (χ1n) is 6.86. The van der Waals surface area contributed by atoms with E-state index in [9.17, 15) is 18.7 Å². The number of benzene rings is 1. The summed E-state index contributed by atoms with van der Waals surface area (Å²) in [4.78, 5) is 12.5. The van der Waals surface area contributed by atoms with Crippen LogP contribution in [0.1, 0.15) is 23.8 Å². The Morgan fingerprint density at radius 2 is 2.09 bits per heavy atom. The van der Waals surface area contributed by atoms with Crippen molar-refractivity contribution in [2.45, 2.75) is 25.4 Å². The van der Waals surface area contributed by atoms with Gasteiger partial charge >= 0.3 is 0 Å². The zero-order valence-corrected chi connectivity index (χ0v) is 12.9. The van der Waals surface area contributed by atoms with Crippen molar-refractivity contribution >= 4 is 17.2 Å². The number of aryl methyl sites for hydroxylation is 1. The zero-order chi connectivity index (χ0) is 16.2. The highest BCUT2D eigenvalue weighted by Crippen LogP contribution is 2.24. The summed E-state index contributed by atoms with van der Waals surface area (Å²) in [7, 11) is 0. The lowest BCUT2D eigenvalue weighted by Gasteiger charge is -2.22. The van der Waals surface area contributed by atoms with E-state index in [1.807, 2.05) is 11.4 Å². The average Bonchev–Trinajstić information content (AvgIpc) is 3.02. The fraction of sp³-hybridized carbons (Fsp3) is 0.312. The van der Waals surface area contributed by atoms with Crippen LogP contribution in [0.5, 0.6) is 0 Å². The lowest BCUT2D eigenvalue weighted by molar-refractivity contribution is -0.122. The number of halogens is 2. The minimum atomic E-state index is -1.14. The Hall–Kier alpha value is -1.79. The van der Waals surface area contributed by atoms with Crippen LogP contribution in [0.2, 0.25) is 0 Å². The van der Waals surface area contributed by atoms with Gasteiger partial charge in [-0.25, -0.2) is 8.78 Å². The first-order valence-corrected chi connectivity index (χ1v) is 7.74. The summed E-state index contributed by atoms with van der Waals surface area (Å²) < 4.78 is 26.5. The molecule has 1 aromatic carbocycles. The van der Waals surface area contributed by atoms with Crippen molar-refractivity contribution in [1.29, 1.82) is 0 Å². The Morgan fingerprint density at radius 1 is 1.32 bits per heavy atom. The summed E-state index contributed by atoms with van der Waals surface area (Å²) in [6.45, 7) is 1.68. The third-order valence-electron chi connectivity index (χ3n) is 3.33. The predicted molar refractivity (Wildman–Crippen MR) is 81.6 cm³/mol. The van der Waals surface area contributed by atoms with E-state index in [0.29, 0.717) is 0 Å². The van der Waals surface area contributed by atoms with E-state index < -0.39 is 17.2 Å². The Kier molecular flexibility index (Phi) is 5.26. The fourth-order valence-corrected chi connectivity index (χ4v) is 2.81. The average molecular weight is 325 g/mol. The number of hydrogen-bond acceptors (Lipinski definition) is 3. The molecule has 6 heteroatoms. The van der Waals surface area contributed by atoms with Crippen LogP contribution >= 0.6 is 11.3 Å². The molecule has 118 valence electrons. The highest BCUT2D eigenvalue weighted by atomic mass is 32.1. The molecule has 3 nitrogen and oxygen atoms in total. The first-order chi connectivity index (χ1) is 10.4. The van der Waals surface area contributed by atoms with Crippen molar-refractivity contribution in [1.82, 2.24) is 5.32 Å². The highest BCUT2D eigenvalue weighted by Gasteiger charge is 2.24. The molecule has 1 aromatic heterocycles. The van der Waals surface area contributed by atoms with Gasteiger partial charge in [0.25, 0.3) is 0 Å². The van der Waals surface area contributed by atoms with Gasteiger partial charge in [0.05, 0.1) is 6.54 Å². The third-order valence-corrected chi connectivity index (χ3v) is 4.46. The Labute approximate surface area is 131 Å². The smallest absolute Gasteiger partial charge is 0.220 e. The standard InChI is InChI=1S/C16H17F2NO2S/c1-16(21,13-6-3-9-22-13)10-19-14(20)8-7-11-4-2-5-12(17)15(11)18/h2-6,9,21H,7-8,10H2,1H3,(H,19,20). The molecule has 0 saturated carbocycles. The maximum atomic E-state index is 13.5. The van der Waals surface area contributed by atoms with Gasteiger partial charge in [-0.1, -0.05) is 18.2 Å². The molecule has 0 spiro atoms. The fourth-order valence-electron chi connectivity index (χ4n) is 2.02. The summed E-state index contributed by atoms with van der Waals surface area (Å²) in [6, 6.07) is 7.51. The van der Waals surface area contributed by atoms with Gasteiger partial charge in [-0.3, -0.25) is 4.79 Å². The molecule has 2 rings (SSSR count). The lowest BCUT2D eigenvalue weighted by Crippen LogP contribution is -2.38. The largest absolute Gasteiger partial charge is 0.383 e. The number of carbonyl (C=O) groups is 1. The number of hydrogen-bond donors (Lipinski definition) is 2. The Bertz CT molecular complexity index is 642. The van der Waals surface area contributed by atoms with Gasteiger partial charge in [0.1, 0.15) is 5.60 Å². The minimum Gasteiger partial charge on any atom is -0.383 e. The molecular formula is C16H17F2NO2S. The molecule has 1 heterocycles. The van der Waals surface area contributed by atoms with Crippen molar-refractivity contribution in [3.8, 4) is 0 Å². The third kappa shape index (κ3) is 4.11. The van der Waals surface area contributed by atoms with E-state index in [2.05, 4.69) is 5.32 Å². The van der Waals surface area contributed by atoms with Gasteiger partial charge in [0, 0.05) is 11.3 Å². The molecule has 22 heavy (non-hydrogen) atoms. The van der Waals surface area contributed by atoms with Crippen molar-refractivity contribution in [2.75, 3.05) is 6.54 Å². The van der Waals surface area contributed by atoms with Crippen LogP contribution in [0.3, 0.4) is 0 Å². The van der Waals surface area contributed by atoms with E-state index in [4.69, 9.17) is 0 Å². The Balaban J connectivity index is 1.85. The second-order valence-corrected chi connectivity index (χ2v) is 6.19. The van der Waals surface area contributed by atoms with Crippen LogP contribution in [0, 0.1) is 11.6 Å². The van der Waals surface area contributed by atoms with Crippen LogP contribution in [0.4, 0.5) is 8.78 Å². The topological polar surface area (TPSA) is 49.3 Å². The second kappa shape index (κ2) is 6.98. The van der Waals surface area contributed by atoms with Crippen molar-refractivity contribution < 1.29 is 18.7 Å². The van der Waals surface area contributed by atoms with Crippen molar-refractivity contribution in [3.63, 3.8) is 0 Å². The molecule has 0 aliphatic carbocycles. The van der Waals surface area contributed by atoms with Crippen LogP contribution in [0.25, 0.3) is 0 Å². The van der Waals surface area contributed by atoms with Crippen LogP contribution in [0.15, 0.2) is 35.7 Å². The van der Waals surface area contributed by atoms with E-state index in [1.54, 1.807) is 13.0 Å².